The Balaban J connectivity index is 1.78. The largest absolute Gasteiger partial charge is 0.478 e. The first-order valence-electron chi connectivity index (χ1n) is 9.91. The van der Waals surface area contributed by atoms with Gasteiger partial charge in [-0.15, -0.1) is 0 Å². The SMILES string of the molecule is CCCC(=O)N1CCCCC1C(=O)Nc1cccc(-n2ncc(C(=O)O)c2C)c1. The number of carbonyl (C=O) groups is 3. The smallest absolute Gasteiger partial charge is 0.339 e. The molecule has 2 heterocycles. The molecule has 3 rings (SSSR count). The second-order valence-electron chi connectivity index (χ2n) is 7.25. The number of aromatic carboxylic acids is 1. The Hall–Kier alpha value is -3.16. The van der Waals surface area contributed by atoms with Crippen LogP contribution in [0.25, 0.3) is 5.69 Å². The van der Waals surface area contributed by atoms with Crippen molar-refractivity contribution in [1.82, 2.24) is 14.7 Å². The first-order chi connectivity index (χ1) is 13.9. The Labute approximate surface area is 169 Å². The molecule has 1 saturated heterocycles. The van der Waals surface area contributed by atoms with Crippen LogP contribution in [0.3, 0.4) is 0 Å². The Morgan fingerprint density at radius 2 is 2.07 bits per heavy atom. The van der Waals surface area contributed by atoms with Gasteiger partial charge in [0.25, 0.3) is 0 Å². The molecule has 1 aliphatic rings. The fourth-order valence-corrected chi connectivity index (χ4v) is 3.68. The van der Waals surface area contributed by atoms with Gasteiger partial charge in [-0.3, -0.25) is 9.59 Å². The minimum absolute atomic E-state index is 0.0227. The number of carboxylic acids is 1. The molecule has 1 atom stereocenters. The van der Waals surface area contributed by atoms with Gasteiger partial charge in [0.2, 0.25) is 11.8 Å². The van der Waals surface area contributed by atoms with Crippen LogP contribution < -0.4 is 5.32 Å². The average Bonchev–Trinajstić information content (AvgIpc) is 3.10. The number of aromatic nitrogens is 2. The van der Waals surface area contributed by atoms with E-state index in [4.69, 9.17) is 0 Å². The normalized spacial score (nSPS) is 16.5. The van der Waals surface area contributed by atoms with Crippen molar-refractivity contribution < 1.29 is 19.5 Å². The molecule has 1 fully saturated rings. The Morgan fingerprint density at radius 3 is 2.76 bits per heavy atom. The Bertz CT molecular complexity index is 921. The van der Waals surface area contributed by atoms with Crippen molar-refractivity contribution in [2.24, 2.45) is 0 Å². The van der Waals surface area contributed by atoms with E-state index < -0.39 is 12.0 Å². The average molecular weight is 398 g/mol. The van der Waals surface area contributed by atoms with Crippen molar-refractivity contribution in [3.63, 3.8) is 0 Å². The maximum atomic E-state index is 12.9. The molecule has 1 aromatic heterocycles. The second kappa shape index (κ2) is 8.89. The highest BCUT2D eigenvalue weighted by atomic mass is 16.4. The quantitative estimate of drug-likeness (QED) is 0.778. The van der Waals surface area contributed by atoms with E-state index in [0.717, 1.165) is 19.3 Å². The van der Waals surface area contributed by atoms with Crippen molar-refractivity contribution in [1.29, 1.82) is 0 Å². The summed E-state index contributed by atoms with van der Waals surface area (Å²) >= 11 is 0. The number of hydrogen-bond donors (Lipinski definition) is 2. The van der Waals surface area contributed by atoms with Gasteiger partial charge in [0.1, 0.15) is 11.6 Å². The van der Waals surface area contributed by atoms with Gasteiger partial charge in [-0.05, 0) is 50.8 Å². The van der Waals surface area contributed by atoms with Gasteiger partial charge in [0.15, 0.2) is 0 Å². The first-order valence-corrected chi connectivity index (χ1v) is 9.91. The van der Waals surface area contributed by atoms with Crippen LogP contribution in [0.5, 0.6) is 0 Å². The third kappa shape index (κ3) is 4.47. The lowest BCUT2D eigenvalue weighted by molar-refractivity contribution is -0.140. The van der Waals surface area contributed by atoms with Crippen LogP contribution in [0.4, 0.5) is 5.69 Å². The maximum Gasteiger partial charge on any atom is 0.339 e. The summed E-state index contributed by atoms with van der Waals surface area (Å²) < 4.78 is 1.52. The lowest BCUT2D eigenvalue weighted by Crippen LogP contribution is -2.49. The summed E-state index contributed by atoms with van der Waals surface area (Å²) in [6.07, 6.45) is 5.00. The molecule has 1 aromatic carbocycles. The van der Waals surface area contributed by atoms with Crippen molar-refractivity contribution in [3.05, 3.63) is 41.7 Å². The zero-order chi connectivity index (χ0) is 21.0. The summed E-state index contributed by atoms with van der Waals surface area (Å²) in [6, 6.07) is 6.60. The number of amides is 2. The Morgan fingerprint density at radius 1 is 1.28 bits per heavy atom. The zero-order valence-electron chi connectivity index (χ0n) is 16.7. The van der Waals surface area contributed by atoms with Gasteiger partial charge >= 0.3 is 5.97 Å². The third-order valence-electron chi connectivity index (χ3n) is 5.19. The summed E-state index contributed by atoms with van der Waals surface area (Å²) in [5.41, 5.74) is 1.86. The molecule has 0 saturated carbocycles. The van der Waals surface area contributed by atoms with E-state index in [1.54, 1.807) is 36.1 Å². The summed E-state index contributed by atoms with van der Waals surface area (Å²) in [5, 5.41) is 16.3. The van der Waals surface area contributed by atoms with Gasteiger partial charge in [-0.25, -0.2) is 9.48 Å². The van der Waals surface area contributed by atoms with E-state index in [0.29, 0.717) is 36.5 Å². The second-order valence-corrected chi connectivity index (χ2v) is 7.25. The Kier molecular flexibility index (Phi) is 6.31. The van der Waals surface area contributed by atoms with Crippen molar-refractivity contribution in [2.45, 2.75) is 52.0 Å². The van der Waals surface area contributed by atoms with Gasteiger partial charge in [0.05, 0.1) is 17.6 Å². The molecular formula is C21H26N4O4. The fraction of sp³-hybridized carbons (Fsp3) is 0.429. The van der Waals surface area contributed by atoms with Crippen molar-refractivity contribution in [2.75, 3.05) is 11.9 Å². The number of nitrogens with zero attached hydrogens (tertiary/aromatic N) is 3. The molecule has 2 aromatic rings. The number of anilines is 1. The number of hydrogen-bond acceptors (Lipinski definition) is 4. The monoisotopic (exact) mass is 398 g/mol. The van der Waals surface area contributed by atoms with Crippen LogP contribution in [0, 0.1) is 6.92 Å². The molecule has 154 valence electrons. The van der Waals surface area contributed by atoms with Crippen LogP contribution in [0.1, 0.15) is 55.1 Å². The number of piperidine rings is 1. The van der Waals surface area contributed by atoms with Crippen LogP contribution >= 0.6 is 0 Å². The minimum atomic E-state index is -1.03. The van der Waals surface area contributed by atoms with Crippen molar-refractivity contribution >= 4 is 23.5 Å². The van der Waals surface area contributed by atoms with Crippen LogP contribution in [0.2, 0.25) is 0 Å². The van der Waals surface area contributed by atoms with Gasteiger partial charge in [-0.2, -0.15) is 5.10 Å². The highest BCUT2D eigenvalue weighted by Crippen LogP contribution is 2.22. The van der Waals surface area contributed by atoms with E-state index in [1.807, 2.05) is 6.92 Å². The van der Waals surface area contributed by atoms with Gasteiger partial charge in [0, 0.05) is 18.7 Å². The molecular weight excluding hydrogens is 372 g/mol. The maximum absolute atomic E-state index is 12.9. The molecule has 0 spiro atoms. The molecule has 8 nitrogen and oxygen atoms in total. The van der Waals surface area contributed by atoms with Gasteiger partial charge in [-0.1, -0.05) is 13.0 Å². The lowest BCUT2D eigenvalue weighted by Gasteiger charge is -2.34. The van der Waals surface area contributed by atoms with E-state index in [2.05, 4.69) is 10.4 Å². The summed E-state index contributed by atoms with van der Waals surface area (Å²) in [7, 11) is 0. The summed E-state index contributed by atoms with van der Waals surface area (Å²) in [5.74, 6) is -1.21. The highest BCUT2D eigenvalue weighted by Gasteiger charge is 2.31. The number of likely N-dealkylation sites (tertiary alicyclic amines) is 1. The lowest BCUT2D eigenvalue weighted by atomic mass is 10.0. The molecule has 0 aliphatic carbocycles. The molecule has 2 N–H and O–H groups in total. The number of nitrogens with one attached hydrogen (secondary N) is 1. The van der Waals surface area contributed by atoms with Gasteiger partial charge < -0.3 is 15.3 Å². The predicted octanol–water partition coefficient (Wildman–Crippen LogP) is 3.00. The zero-order valence-corrected chi connectivity index (χ0v) is 16.7. The summed E-state index contributed by atoms with van der Waals surface area (Å²) in [6.45, 7) is 4.25. The molecule has 29 heavy (non-hydrogen) atoms. The van der Waals surface area contributed by atoms with Crippen LogP contribution in [0.15, 0.2) is 30.5 Å². The molecule has 0 radical (unpaired) electrons. The number of rotatable bonds is 6. The molecule has 2 amide bonds. The molecule has 1 aliphatic heterocycles. The third-order valence-corrected chi connectivity index (χ3v) is 5.19. The summed E-state index contributed by atoms with van der Waals surface area (Å²) in [4.78, 5) is 38.2. The fourth-order valence-electron chi connectivity index (χ4n) is 3.68. The standard InChI is InChI=1S/C21H26N4O4/c1-3-7-19(26)24-11-5-4-10-18(24)20(27)23-15-8-6-9-16(12-15)25-14(2)17(13-22-25)21(28)29/h6,8-9,12-13,18H,3-5,7,10-11H2,1-2H3,(H,23,27)(H,28,29). The van der Waals surface area contributed by atoms with E-state index in [9.17, 15) is 19.5 Å². The first kappa shape index (κ1) is 20.6. The number of benzene rings is 1. The van der Waals surface area contributed by atoms with Crippen LogP contribution in [-0.4, -0.2) is 50.2 Å². The number of carbonyl (C=O) groups excluding carboxylic acids is 2. The van der Waals surface area contributed by atoms with Crippen molar-refractivity contribution in [3.8, 4) is 5.69 Å². The molecule has 0 bridgehead atoms. The van der Waals surface area contributed by atoms with Crippen LogP contribution in [-0.2, 0) is 9.59 Å². The molecule has 8 heteroatoms. The topological polar surface area (TPSA) is 105 Å². The van der Waals surface area contributed by atoms with E-state index in [-0.39, 0.29) is 17.4 Å². The van der Waals surface area contributed by atoms with E-state index in [1.165, 1.54) is 10.9 Å². The minimum Gasteiger partial charge on any atom is -0.478 e. The van der Waals surface area contributed by atoms with E-state index >= 15 is 0 Å². The molecule has 1 unspecified atom stereocenters. The number of carboxylic acid groups (broad SMARTS) is 1. The highest BCUT2D eigenvalue weighted by molar-refractivity contribution is 5.97. The predicted molar refractivity (Wildman–Crippen MR) is 108 cm³/mol.